The second-order valence-electron chi connectivity index (χ2n) is 8.27. The van der Waals surface area contributed by atoms with Gasteiger partial charge in [0.1, 0.15) is 16.7 Å². The van der Waals surface area contributed by atoms with Crippen molar-refractivity contribution in [1.82, 2.24) is 4.90 Å². The number of rotatable bonds is 9. The molecule has 2 amide bonds. The van der Waals surface area contributed by atoms with Gasteiger partial charge in [0.2, 0.25) is 11.8 Å². The Hall–Kier alpha value is -3.11. The maximum absolute atomic E-state index is 13.4. The molecule has 11 heteroatoms. The number of hydrogen-bond acceptors (Lipinski definition) is 7. The fourth-order valence-corrected chi connectivity index (χ4v) is 4.78. The number of thioether (sulfide) groups is 1. The molecule has 0 unspecified atom stereocenters. The van der Waals surface area contributed by atoms with Crippen molar-refractivity contribution < 1.29 is 19.2 Å². The van der Waals surface area contributed by atoms with Crippen LogP contribution in [0.25, 0.3) is 0 Å². The van der Waals surface area contributed by atoms with Crippen LogP contribution in [-0.2, 0) is 9.59 Å². The molecule has 1 aliphatic heterocycles. The molecule has 0 aliphatic carbocycles. The van der Waals surface area contributed by atoms with Crippen LogP contribution in [0.5, 0.6) is 5.75 Å². The molecule has 0 spiro atoms. The second kappa shape index (κ2) is 11.5. The van der Waals surface area contributed by atoms with E-state index in [1.165, 1.54) is 30.0 Å². The van der Waals surface area contributed by atoms with E-state index in [1.807, 2.05) is 52.0 Å². The van der Waals surface area contributed by atoms with Gasteiger partial charge in [0.25, 0.3) is 5.69 Å². The van der Waals surface area contributed by atoms with Crippen LogP contribution < -0.4 is 10.1 Å². The first-order valence-corrected chi connectivity index (χ1v) is 12.4. The summed E-state index contributed by atoms with van der Waals surface area (Å²) in [5.41, 5.74) is 0.516. The average molecular weight is 519 g/mol. The molecule has 35 heavy (non-hydrogen) atoms. The van der Waals surface area contributed by atoms with Crippen molar-refractivity contribution in [3.8, 4) is 5.75 Å². The van der Waals surface area contributed by atoms with Crippen molar-refractivity contribution in [2.45, 2.75) is 45.4 Å². The molecule has 3 rings (SSSR count). The number of aliphatic imine (C=N–C) groups is 1. The molecule has 2 atom stereocenters. The van der Waals surface area contributed by atoms with E-state index in [-0.39, 0.29) is 40.7 Å². The van der Waals surface area contributed by atoms with E-state index < -0.39 is 16.1 Å². The van der Waals surface area contributed by atoms with Gasteiger partial charge in [0, 0.05) is 24.6 Å². The van der Waals surface area contributed by atoms with Crippen LogP contribution in [0, 0.1) is 16.0 Å². The van der Waals surface area contributed by atoms with Gasteiger partial charge in [-0.15, -0.1) is 0 Å². The lowest BCUT2D eigenvalue weighted by Crippen LogP contribution is -2.42. The minimum atomic E-state index is -0.702. The van der Waals surface area contributed by atoms with E-state index in [9.17, 15) is 19.7 Å². The van der Waals surface area contributed by atoms with E-state index in [0.717, 1.165) is 0 Å². The molecule has 1 saturated heterocycles. The quantitative estimate of drug-likeness (QED) is 0.339. The molecule has 1 N–H and O–H groups in total. The molecule has 0 aromatic heterocycles. The number of nitrogens with one attached hydrogen (secondary N) is 1. The molecule has 1 heterocycles. The van der Waals surface area contributed by atoms with Gasteiger partial charge in [-0.25, -0.2) is 4.99 Å². The molecule has 186 valence electrons. The van der Waals surface area contributed by atoms with Crippen LogP contribution in [0.2, 0.25) is 5.02 Å². The molecule has 9 nitrogen and oxygen atoms in total. The Kier molecular flexibility index (Phi) is 8.74. The van der Waals surface area contributed by atoms with Gasteiger partial charge < -0.3 is 10.1 Å². The Bertz CT molecular complexity index is 1160. The zero-order chi connectivity index (χ0) is 25.7. The van der Waals surface area contributed by atoms with Crippen LogP contribution in [0.1, 0.15) is 34.1 Å². The summed E-state index contributed by atoms with van der Waals surface area (Å²) in [5, 5.41) is 13.6. The molecule has 1 aliphatic rings. The van der Waals surface area contributed by atoms with Crippen LogP contribution in [0.4, 0.5) is 17.1 Å². The number of amidine groups is 1. The summed E-state index contributed by atoms with van der Waals surface area (Å²) in [6.45, 7) is 8.33. The van der Waals surface area contributed by atoms with E-state index >= 15 is 0 Å². The Morgan fingerprint density at radius 1 is 1.29 bits per heavy atom. The summed E-state index contributed by atoms with van der Waals surface area (Å²) in [5.74, 6) is 0.0628. The molecule has 2 aromatic carbocycles. The number of halogens is 1. The first-order valence-electron chi connectivity index (χ1n) is 11.2. The van der Waals surface area contributed by atoms with Gasteiger partial charge in [-0.05, 0) is 38.0 Å². The standard InChI is InChI=1S/C24H27ClN4O5S/c1-5-34-20-9-7-6-8-18(20)27-24-28(15(4)14(2)3)23(31)21(35-24)13-22(30)26-19-12-16(29(32)33)10-11-17(19)25/h6-12,14-15,21H,5,13H2,1-4H3,(H,26,30)/t15-,21-/m1/s1. The zero-order valence-corrected chi connectivity index (χ0v) is 21.4. The number of benzene rings is 2. The Labute approximate surface area is 213 Å². The summed E-state index contributed by atoms with van der Waals surface area (Å²) in [6, 6.07) is 11.0. The van der Waals surface area contributed by atoms with Gasteiger partial charge in [-0.1, -0.05) is 49.3 Å². The first kappa shape index (κ1) is 26.5. The summed E-state index contributed by atoms with van der Waals surface area (Å²) >= 11 is 7.31. The second-order valence-corrected chi connectivity index (χ2v) is 9.85. The Morgan fingerprint density at radius 3 is 2.66 bits per heavy atom. The molecule has 1 fully saturated rings. The SMILES string of the molecule is CCOc1ccccc1N=C1S[C@H](CC(=O)Nc2cc([N+](=O)[O-])ccc2Cl)C(=O)N1[C@H](C)C(C)C. The first-order chi connectivity index (χ1) is 16.6. The number of carbonyl (C=O) groups excluding carboxylic acids is 2. The number of anilines is 1. The number of non-ortho nitro benzene ring substituents is 1. The topological polar surface area (TPSA) is 114 Å². The lowest BCUT2D eigenvalue weighted by atomic mass is 10.0. The largest absolute Gasteiger partial charge is 0.492 e. The van der Waals surface area contributed by atoms with E-state index in [4.69, 9.17) is 21.3 Å². The number of nitro benzene ring substituents is 1. The Morgan fingerprint density at radius 2 is 2.00 bits per heavy atom. The van der Waals surface area contributed by atoms with Crippen LogP contribution in [0.3, 0.4) is 0 Å². The molecule has 0 bridgehead atoms. The third-order valence-corrected chi connectivity index (χ3v) is 7.01. The monoisotopic (exact) mass is 518 g/mol. The van der Waals surface area contributed by atoms with Gasteiger partial charge in [0.05, 0.1) is 22.2 Å². The zero-order valence-electron chi connectivity index (χ0n) is 19.9. The fraction of sp³-hybridized carbons (Fsp3) is 0.375. The number of nitrogens with zero attached hydrogens (tertiary/aromatic N) is 3. The predicted octanol–water partition coefficient (Wildman–Crippen LogP) is 5.65. The molecular formula is C24H27ClN4O5S. The van der Waals surface area contributed by atoms with Crippen molar-refractivity contribution in [1.29, 1.82) is 0 Å². The van der Waals surface area contributed by atoms with E-state index in [0.29, 0.717) is 23.2 Å². The number of hydrogen-bond donors (Lipinski definition) is 1. The maximum Gasteiger partial charge on any atom is 0.271 e. The maximum atomic E-state index is 13.4. The van der Waals surface area contributed by atoms with Crippen molar-refractivity contribution in [3.63, 3.8) is 0 Å². The number of ether oxygens (including phenoxy) is 1. The Balaban J connectivity index is 1.85. The number of carbonyl (C=O) groups is 2. The van der Waals surface area contributed by atoms with Crippen molar-refractivity contribution >= 4 is 57.4 Å². The summed E-state index contributed by atoms with van der Waals surface area (Å²) in [6.07, 6.45) is -0.143. The smallest absolute Gasteiger partial charge is 0.271 e. The highest BCUT2D eigenvalue weighted by Crippen LogP contribution is 2.37. The van der Waals surface area contributed by atoms with Crippen LogP contribution in [-0.4, -0.2) is 44.7 Å². The summed E-state index contributed by atoms with van der Waals surface area (Å²) in [7, 11) is 0. The molecular weight excluding hydrogens is 492 g/mol. The van der Waals surface area contributed by atoms with E-state index in [2.05, 4.69) is 5.32 Å². The molecule has 0 saturated carbocycles. The lowest BCUT2D eigenvalue weighted by molar-refractivity contribution is -0.384. The number of nitro groups is 1. The highest BCUT2D eigenvalue weighted by Gasteiger charge is 2.42. The molecule has 0 radical (unpaired) electrons. The van der Waals surface area contributed by atoms with Gasteiger partial charge in [0.15, 0.2) is 5.17 Å². The highest BCUT2D eigenvalue weighted by molar-refractivity contribution is 8.15. The average Bonchev–Trinajstić information content (AvgIpc) is 3.10. The van der Waals surface area contributed by atoms with Gasteiger partial charge >= 0.3 is 0 Å². The van der Waals surface area contributed by atoms with Crippen molar-refractivity contribution in [3.05, 3.63) is 57.6 Å². The van der Waals surface area contributed by atoms with Gasteiger partial charge in [-0.3, -0.25) is 24.6 Å². The summed E-state index contributed by atoms with van der Waals surface area (Å²) in [4.78, 5) is 43.0. The highest BCUT2D eigenvalue weighted by atomic mass is 35.5. The number of para-hydroxylation sites is 2. The van der Waals surface area contributed by atoms with Crippen molar-refractivity contribution in [2.75, 3.05) is 11.9 Å². The van der Waals surface area contributed by atoms with Crippen LogP contribution in [0.15, 0.2) is 47.5 Å². The van der Waals surface area contributed by atoms with E-state index in [1.54, 1.807) is 4.90 Å². The third-order valence-electron chi connectivity index (χ3n) is 5.53. The summed E-state index contributed by atoms with van der Waals surface area (Å²) < 4.78 is 5.67. The minimum absolute atomic E-state index is 0.119. The minimum Gasteiger partial charge on any atom is -0.492 e. The normalized spacial score (nSPS) is 17.7. The third kappa shape index (κ3) is 6.32. The van der Waals surface area contributed by atoms with Gasteiger partial charge in [-0.2, -0.15) is 0 Å². The lowest BCUT2D eigenvalue weighted by Gasteiger charge is -2.27. The molecule has 2 aromatic rings. The predicted molar refractivity (Wildman–Crippen MR) is 139 cm³/mol. The van der Waals surface area contributed by atoms with Crippen molar-refractivity contribution in [2.24, 2.45) is 10.9 Å². The fourth-order valence-electron chi connectivity index (χ4n) is 3.39. The number of amides is 2. The van der Waals surface area contributed by atoms with Crippen LogP contribution >= 0.6 is 23.4 Å².